The molecule has 122 valence electrons. The van der Waals surface area contributed by atoms with Crippen molar-refractivity contribution >= 4 is 5.91 Å². The van der Waals surface area contributed by atoms with Gasteiger partial charge in [0.25, 0.3) is 5.91 Å². The minimum atomic E-state index is -0.570. The van der Waals surface area contributed by atoms with E-state index in [-0.39, 0.29) is 23.8 Å². The number of aromatic nitrogens is 1. The number of aliphatic hydroxyl groups is 1. The van der Waals surface area contributed by atoms with E-state index in [1.54, 1.807) is 13.0 Å². The van der Waals surface area contributed by atoms with Crippen LogP contribution in [0.5, 0.6) is 0 Å². The van der Waals surface area contributed by atoms with Crippen molar-refractivity contribution in [3.63, 3.8) is 0 Å². The van der Waals surface area contributed by atoms with Crippen molar-refractivity contribution in [3.05, 3.63) is 17.5 Å². The first-order valence-corrected chi connectivity index (χ1v) is 7.89. The highest BCUT2D eigenvalue weighted by atomic mass is 16.5. The maximum absolute atomic E-state index is 12.2. The summed E-state index contributed by atoms with van der Waals surface area (Å²) in [5, 5.41) is 17.2. The first kappa shape index (κ1) is 15.5. The van der Waals surface area contributed by atoms with Gasteiger partial charge >= 0.3 is 0 Å². The van der Waals surface area contributed by atoms with Crippen molar-refractivity contribution in [1.82, 2.24) is 15.4 Å². The van der Waals surface area contributed by atoms with Crippen molar-refractivity contribution < 1.29 is 19.2 Å². The molecule has 0 spiro atoms. The quantitative estimate of drug-likeness (QED) is 0.836. The zero-order valence-electron chi connectivity index (χ0n) is 12.8. The lowest BCUT2D eigenvalue weighted by atomic mass is 9.86. The van der Waals surface area contributed by atoms with Gasteiger partial charge in [-0.25, -0.2) is 0 Å². The van der Waals surface area contributed by atoms with Gasteiger partial charge < -0.3 is 19.7 Å². The van der Waals surface area contributed by atoms with Gasteiger partial charge in [0, 0.05) is 25.2 Å². The molecule has 7 nitrogen and oxygen atoms in total. The number of ether oxygens (including phenoxy) is 1. The van der Waals surface area contributed by atoms with Gasteiger partial charge in [-0.05, 0) is 26.2 Å². The average Bonchev–Trinajstić information content (AvgIpc) is 2.97. The molecule has 1 amide bonds. The van der Waals surface area contributed by atoms with Crippen LogP contribution >= 0.6 is 0 Å². The van der Waals surface area contributed by atoms with E-state index >= 15 is 0 Å². The second-order valence-corrected chi connectivity index (χ2v) is 6.05. The van der Waals surface area contributed by atoms with Gasteiger partial charge in [0.2, 0.25) is 5.76 Å². The summed E-state index contributed by atoms with van der Waals surface area (Å²) in [6.45, 7) is 4.85. The van der Waals surface area contributed by atoms with E-state index in [9.17, 15) is 9.90 Å². The number of morpholine rings is 1. The number of nitrogens with one attached hydrogen (secondary N) is 1. The summed E-state index contributed by atoms with van der Waals surface area (Å²) in [6.07, 6.45) is 2.15. The summed E-state index contributed by atoms with van der Waals surface area (Å²) < 4.78 is 10.3. The van der Waals surface area contributed by atoms with E-state index in [0.717, 1.165) is 32.4 Å². The number of amides is 1. The molecular weight excluding hydrogens is 286 g/mol. The number of aliphatic hydroxyl groups excluding tert-OH is 1. The molecule has 0 unspecified atom stereocenters. The summed E-state index contributed by atoms with van der Waals surface area (Å²) in [6, 6.07) is 1.43. The predicted octanol–water partition coefficient (Wildman–Crippen LogP) is 0.327. The van der Waals surface area contributed by atoms with E-state index in [0.29, 0.717) is 18.9 Å². The molecule has 7 heteroatoms. The maximum Gasteiger partial charge on any atom is 0.290 e. The van der Waals surface area contributed by atoms with Crippen LogP contribution in [0.15, 0.2) is 10.6 Å². The molecule has 2 N–H and O–H groups in total. The lowest BCUT2D eigenvalue weighted by Gasteiger charge is -2.42. The maximum atomic E-state index is 12.2. The fourth-order valence-corrected chi connectivity index (χ4v) is 3.33. The largest absolute Gasteiger partial charge is 0.389 e. The first-order valence-electron chi connectivity index (χ1n) is 7.89. The van der Waals surface area contributed by atoms with Gasteiger partial charge in [-0.15, -0.1) is 0 Å². The number of rotatable bonds is 3. The third-order valence-corrected chi connectivity index (χ3v) is 4.50. The van der Waals surface area contributed by atoms with Gasteiger partial charge in [0.15, 0.2) is 0 Å². The summed E-state index contributed by atoms with van der Waals surface area (Å²) in [5.74, 6) is -0.120. The molecule has 1 aromatic heterocycles. The highest BCUT2D eigenvalue weighted by Gasteiger charge is 2.37. The van der Waals surface area contributed by atoms with Crippen LogP contribution < -0.4 is 5.32 Å². The Morgan fingerprint density at radius 1 is 1.41 bits per heavy atom. The van der Waals surface area contributed by atoms with E-state index in [2.05, 4.69) is 15.4 Å². The molecule has 0 bridgehead atoms. The number of carbonyl (C=O) groups is 1. The number of carbonyl (C=O) groups excluding carboxylic acids is 1. The van der Waals surface area contributed by atoms with Gasteiger partial charge in [-0.3, -0.25) is 9.69 Å². The SMILES string of the molecule is Cc1cc(C(=O)N[C@@H]2CCC[C@@H](N3CCOCC3)[C@@H]2O)on1. The van der Waals surface area contributed by atoms with Crippen LogP contribution in [0.4, 0.5) is 0 Å². The van der Waals surface area contributed by atoms with Gasteiger partial charge in [0.05, 0.1) is 31.1 Å². The molecule has 3 rings (SSSR count). The topological polar surface area (TPSA) is 87.8 Å². The van der Waals surface area contributed by atoms with Crippen molar-refractivity contribution in [2.45, 2.75) is 44.4 Å². The van der Waals surface area contributed by atoms with E-state index in [1.165, 1.54) is 0 Å². The molecule has 1 aliphatic carbocycles. The van der Waals surface area contributed by atoms with E-state index in [1.807, 2.05) is 0 Å². The second kappa shape index (κ2) is 6.76. The van der Waals surface area contributed by atoms with Crippen molar-refractivity contribution in [2.75, 3.05) is 26.3 Å². The van der Waals surface area contributed by atoms with Gasteiger partial charge in [-0.1, -0.05) is 5.16 Å². The second-order valence-electron chi connectivity index (χ2n) is 6.05. The highest BCUT2D eigenvalue weighted by Crippen LogP contribution is 2.25. The summed E-state index contributed by atoms with van der Waals surface area (Å²) in [7, 11) is 0. The Balaban J connectivity index is 1.62. The van der Waals surface area contributed by atoms with Crippen LogP contribution in [0.25, 0.3) is 0 Å². The fraction of sp³-hybridized carbons (Fsp3) is 0.733. The normalized spacial score (nSPS) is 30.2. The lowest BCUT2D eigenvalue weighted by molar-refractivity contribution is -0.0460. The zero-order valence-corrected chi connectivity index (χ0v) is 12.8. The fourth-order valence-electron chi connectivity index (χ4n) is 3.33. The number of hydrogen-bond donors (Lipinski definition) is 2. The third kappa shape index (κ3) is 3.31. The molecule has 0 aromatic carbocycles. The van der Waals surface area contributed by atoms with Crippen LogP contribution in [-0.2, 0) is 4.74 Å². The van der Waals surface area contributed by atoms with Crippen LogP contribution in [0.1, 0.15) is 35.5 Å². The molecule has 1 aromatic rings. The van der Waals surface area contributed by atoms with Gasteiger partial charge in [0.1, 0.15) is 0 Å². The smallest absolute Gasteiger partial charge is 0.290 e. The van der Waals surface area contributed by atoms with E-state index < -0.39 is 6.10 Å². The van der Waals surface area contributed by atoms with Crippen LogP contribution in [0, 0.1) is 6.92 Å². The Bertz CT molecular complexity index is 513. The summed E-state index contributed by atoms with van der Waals surface area (Å²) >= 11 is 0. The molecule has 1 saturated heterocycles. The molecule has 2 aliphatic rings. The Morgan fingerprint density at radius 2 is 2.18 bits per heavy atom. The zero-order chi connectivity index (χ0) is 15.5. The minimum absolute atomic E-state index is 0.0828. The Morgan fingerprint density at radius 3 is 2.86 bits per heavy atom. The Kier molecular flexibility index (Phi) is 4.75. The standard InChI is InChI=1S/C15H23N3O4/c1-10-9-13(22-17-10)15(20)16-11-3-2-4-12(14(11)19)18-5-7-21-8-6-18/h9,11-12,14,19H,2-8H2,1H3,(H,16,20)/t11-,12-,14-/m1/s1. The molecule has 22 heavy (non-hydrogen) atoms. The Hall–Kier alpha value is -1.44. The average molecular weight is 309 g/mol. The molecule has 1 aliphatic heterocycles. The van der Waals surface area contributed by atoms with Gasteiger partial charge in [-0.2, -0.15) is 0 Å². The molecular formula is C15H23N3O4. The molecule has 1 saturated carbocycles. The first-order chi connectivity index (χ1) is 10.6. The van der Waals surface area contributed by atoms with Crippen LogP contribution in [-0.4, -0.2) is 65.6 Å². The molecule has 0 radical (unpaired) electrons. The Labute approximate surface area is 129 Å². The van der Waals surface area contributed by atoms with Crippen molar-refractivity contribution in [1.29, 1.82) is 0 Å². The summed E-state index contributed by atoms with van der Waals surface area (Å²) in [4.78, 5) is 14.4. The number of nitrogens with zero attached hydrogens (tertiary/aromatic N) is 2. The van der Waals surface area contributed by atoms with Crippen LogP contribution in [0.2, 0.25) is 0 Å². The highest BCUT2D eigenvalue weighted by molar-refractivity contribution is 5.91. The third-order valence-electron chi connectivity index (χ3n) is 4.50. The molecule has 2 fully saturated rings. The van der Waals surface area contributed by atoms with Crippen molar-refractivity contribution in [2.24, 2.45) is 0 Å². The molecule has 2 heterocycles. The van der Waals surface area contributed by atoms with E-state index in [4.69, 9.17) is 9.26 Å². The summed E-state index contributed by atoms with van der Waals surface area (Å²) in [5.41, 5.74) is 0.667. The lowest BCUT2D eigenvalue weighted by Crippen LogP contribution is -2.58. The van der Waals surface area contributed by atoms with Crippen molar-refractivity contribution in [3.8, 4) is 0 Å². The predicted molar refractivity (Wildman–Crippen MR) is 78.5 cm³/mol. The monoisotopic (exact) mass is 309 g/mol. The van der Waals surface area contributed by atoms with Crippen LogP contribution in [0.3, 0.4) is 0 Å². The number of aryl methyl sites for hydroxylation is 1. The minimum Gasteiger partial charge on any atom is -0.389 e. The number of hydrogen-bond acceptors (Lipinski definition) is 6. The molecule has 3 atom stereocenters.